The number of aliphatic carboxylic acids is 1. The summed E-state index contributed by atoms with van der Waals surface area (Å²) in [6, 6.07) is 5.51. The summed E-state index contributed by atoms with van der Waals surface area (Å²) in [5.74, 6) is -0.725. The summed E-state index contributed by atoms with van der Waals surface area (Å²) in [5.41, 5.74) is -0.0452. The Morgan fingerprint density at radius 2 is 2.05 bits per heavy atom. The first-order chi connectivity index (χ1) is 10.2. The van der Waals surface area contributed by atoms with Crippen LogP contribution in [0.15, 0.2) is 24.3 Å². The van der Waals surface area contributed by atoms with Crippen molar-refractivity contribution in [3.8, 4) is 5.75 Å². The van der Waals surface area contributed by atoms with Crippen LogP contribution in [0.25, 0.3) is 0 Å². The van der Waals surface area contributed by atoms with Crippen LogP contribution in [0.1, 0.15) is 31.7 Å². The highest BCUT2D eigenvalue weighted by molar-refractivity contribution is 7.99. The number of hydrogen-bond donors (Lipinski definition) is 2. The van der Waals surface area contributed by atoms with Crippen molar-refractivity contribution in [1.82, 2.24) is 4.90 Å². The maximum atomic E-state index is 12.4. The largest absolute Gasteiger partial charge is 0.508 e. The Morgan fingerprint density at radius 1 is 1.36 bits per heavy atom. The number of ether oxygens (including phenoxy) is 1. The van der Waals surface area contributed by atoms with Crippen molar-refractivity contribution >= 4 is 23.8 Å². The van der Waals surface area contributed by atoms with Crippen molar-refractivity contribution in [3.63, 3.8) is 0 Å². The number of benzene rings is 1. The first kappa shape index (κ1) is 16.5. The fourth-order valence-corrected chi connectivity index (χ4v) is 3.57. The third-order valence-corrected chi connectivity index (χ3v) is 4.37. The van der Waals surface area contributed by atoms with Crippen molar-refractivity contribution in [2.24, 2.45) is 0 Å². The summed E-state index contributed by atoms with van der Waals surface area (Å²) in [6.07, 6.45) is -0.668. The average molecular weight is 325 g/mol. The molecule has 0 spiro atoms. The van der Waals surface area contributed by atoms with Gasteiger partial charge in [-0.2, -0.15) is 0 Å². The van der Waals surface area contributed by atoms with Gasteiger partial charge >= 0.3 is 12.1 Å². The van der Waals surface area contributed by atoms with Gasteiger partial charge in [0.15, 0.2) is 0 Å². The van der Waals surface area contributed by atoms with Gasteiger partial charge in [-0.25, -0.2) is 9.59 Å². The Bertz CT molecular complexity index is 584. The first-order valence-electron chi connectivity index (χ1n) is 6.84. The minimum absolute atomic E-state index is 0.0704. The predicted molar refractivity (Wildman–Crippen MR) is 82.8 cm³/mol. The van der Waals surface area contributed by atoms with Crippen molar-refractivity contribution in [1.29, 1.82) is 0 Å². The molecule has 1 aromatic carbocycles. The van der Waals surface area contributed by atoms with Crippen LogP contribution in [0, 0.1) is 0 Å². The molecule has 120 valence electrons. The fourth-order valence-electron chi connectivity index (χ4n) is 2.17. The number of phenolic OH excluding ortho intramolecular Hbond substituents is 1. The van der Waals surface area contributed by atoms with E-state index in [0.717, 1.165) is 0 Å². The quantitative estimate of drug-likeness (QED) is 0.869. The highest BCUT2D eigenvalue weighted by Crippen LogP contribution is 2.42. The van der Waals surface area contributed by atoms with E-state index in [1.165, 1.54) is 28.8 Å². The Hall–Kier alpha value is -1.89. The number of rotatable bonds is 2. The molecular formula is C15H19NO5S. The van der Waals surface area contributed by atoms with Crippen LogP contribution in [0.5, 0.6) is 5.75 Å². The van der Waals surface area contributed by atoms with Crippen molar-refractivity contribution in [3.05, 3.63) is 29.8 Å². The summed E-state index contributed by atoms with van der Waals surface area (Å²) >= 11 is 1.34. The van der Waals surface area contributed by atoms with Crippen LogP contribution in [-0.4, -0.2) is 44.6 Å². The van der Waals surface area contributed by atoms with Crippen molar-refractivity contribution < 1.29 is 24.5 Å². The molecule has 2 atom stereocenters. The summed E-state index contributed by atoms with van der Waals surface area (Å²) in [6.45, 7) is 5.19. The molecule has 6 nitrogen and oxygen atoms in total. The molecule has 0 radical (unpaired) electrons. The topological polar surface area (TPSA) is 87.1 Å². The van der Waals surface area contributed by atoms with Gasteiger partial charge in [-0.1, -0.05) is 12.1 Å². The standard InChI is InChI=1S/C15H19NO5S/c1-15(2,3)21-14(20)16-11(13(18)19)8-22-12(16)9-5-4-6-10(17)7-9/h4-7,11-12,17H,8H2,1-3H3,(H,18,19)/t11-,12?/m1/s1. The zero-order valence-corrected chi connectivity index (χ0v) is 13.5. The molecule has 1 aliphatic heterocycles. The number of carboxylic acids is 1. The average Bonchev–Trinajstić information content (AvgIpc) is 2.81. The third-order valence-electron chi connectivity index (χ3n) is 3.05. The molecule has 1 unspecified atom stereocenters. The van der Waals surface area contributed by atoms with Gasteiger partial charge in [0.25, 0.3) is 0 Å². The van der Waals surface area contributed by atoms with Gasteiger partial charge in [-0.3, -0.25) is 4.90 Å². The molecule has 2 N–H and O–H groups in total. The molecule has 0 saturated carbocycles. The number of nitrogens with zero attached hydrogens (tertiary/aromatic N) is 1. The Labute approximate surface area is 133 Å². The van der Waals surface area contributed by atoms with E-state index >= 15 is 0 Å². The molecule has 1 amide bonds. The van der Waals surface area contributed by atoms with E-state index in [9.17, 15) is 19.8 Å². The van der Waals surface area contributed by atoms with Gasteiger partial charge in [-0.15, -0.1) is 11.8 Å². The maximum Gasteiger partial charge on any atom is 0.412 e. The molecule has 22 heavy (non-hydrogen) atoms. The fraction of sp³-hybridized carbons (Fsp3) is 0.467. The number of carbonyl (C=O) groups excluding carboxylic acids is 1. The zero-order valence-electron chi connectivity index (χ0n) is 12.6. The number of carboxylic acid groups (broad SMARTS) is 1. The van der Waals surface area contributed by atoms with Crippen LogP contribution in [0.2, 0.25) is 0 Å². The van der Waals surface area contributed by atoms with Gasteiger partial charge in [0.05, 0.1) is 0 Å². The number of aromatic hydroxyl groups is 1. The summed E-state index contributed by atoms with van der Waals surface area (Å²) in [5, 5.41) is 18.4. The molecule has 1 aromatic rings. The number of carbonyl (C=O) groups is 2. The predicted octanol–water partition coefficient (Wildman–Crippen LogP) is 2.83. The summed E-state index contributed by atoms with van der Waals surface area (Å²) in [4.78, 5) is 25.1. The zero-order chi connectivity index (χ0) is 16.5. The summed E-state index contributed by atoms with van der Waals surface area (Å²) < 4.78 is 5.33. The van der Waals surface area contributed by atoms with Gasteiger partial charge in [0.2, 0.25) is 0 Å². The van der Waals surface area contributed by atoms with Gasteiger partial charge in [0, 0.05) is 5.75 Å². The molecule has 0 aliphatic carbocycles. The lowest BCUT2D eigenvalue weighted by atomic mass is 10.1. The van der Waals surface area contributed by atoms with E-state index in [-0.39, 0.29) is 11.5 Å². The lowest BCUT2D eigenvalue weighted by Gasteiger charge is -2.30. The number of amides is 1. The molecule has 1 fully saturated rings. The second-order valence-electron chi connectivity index (χ2n) is 6.02. The molecule has 0 bridgehead atoms. The van der Waals surface area contributed by atoms with E-state index in [0.29, 0.717) is 5.56 Å². The van der Waals surface area contributed by atoms with E-state index in [1.54, 1.807) is 32.9 Å². The Balaban J connectivity index is 2.32. The van der Waals surface area contributed by atoms with Gasteiger partial charge in [0.1, 0.15) is 22.8 Å². The molecular weight excluding hydrogens is 306 g/mol. The normalized spacial score (nSPS) is 21.7. The van der Waals surface area contributed by atoms with E-state index in [2.05, 4.69) is 0 Å². The van der Waals surface area contributed by atoms with Gasteiger partial charge in [-0.05, 0) is 38.5 Å². The lowest BCUT2D eigenvalue weighted by Crippen LogP contribution is -2.45. The molecule has 2 rings (SSSR count). The monoisotopic (exact) mass is 325 g/mol. The minimum atomic E-state index is -1.07. The van der Waals surface area contributed by atoms with Crippen LogP contribution in [0.4, 0.5) is 4.79 Å². The highest BCUT2D eigenvalue weighted by Gasteiger charge is 2.44. The van der Waals surface area contributed by atoms with E-state index in [1.807, 2.05) is 0 Å². The summed E-state index contributed by atoms with van der Waals surface area (Å²) in [7, 11) is 0. The van der Waals surface area contributed by atoms with Crippen molar-refractivity contribution in [2.45, 2.75) is 37.8 Å². The highest BCUT2D eigenvalue weighted by atomic mass is 32.2. The SMILES string of the molecule is CC(C)(C)OC(=O)N1C(c2cccc(O)c2)SC[C@@H]1C(=O)O. The van der Waals surface area contributed by atoms with Crippen LogP contribution in [-0.2, 0) is 9.53 Å². The maximum absolute atomic E-state index is 12.4. The second kappa shape index (κ2) is 6.08. The Kier molecular flexibility index (Phi) is 4.55. The Morgan fingerprint density at radius 3 is 2.59 bits per heavy atom. The number of hydrogen-bond acceptors (Lipinski definition) is 5. The molecule has 1 aliphatic rings. The van der Waals surface area contributed by atoms with E-state index < -0.39 is 29.1 Å². The number of thioether (sulfide) groups is 1. The molecule has 7 heteroatoms. The van der Waals surface area contributed by atoms with Crippen molar-refractivity contribution in [2.75, 3.05) is 5.75 Å². The molecule has 1 heterocycles. The molecule has 0 aromatic heterocycles. The minimum Gasteiger partial charge on any atom is -0.508 e. The lowest BCUT2D eigenvalue weighted by molar-refractivity contribution is -0.142. The second-order valence-corrected chi connectivity index (χ2v) is 7.14. The third kappa shape index (κ3) is 3.65. The van der Waals surface area contributed by atoms with Gasteiger partial charge < -0.3 is 14.9 Å². The van der Waals surface area contributed by atoms with Crippen LogP contribution < -0.4 is 0 Å². The van der Waals surface area contributed by atoms with Crippen LogP contribution in [0.3, 0.4) is 0 Å². The smallest absolute Gasteiger partial charge is 0.412 e. The molecule has 1 saturated heterocycles. The van der Waals surface area contributed by atoms with E-state index in [4.69, 9.17) is 4.74 Å². The first-order valence-corrected chi connectivity index (χ1v) is 7.88. The number of phenols is 1. The van der Waals surface area contributed by atoms with Crippen LogP contribution >= 0.6 is 11.8 Å².